The number of nitrogens with zero attached hydrogens (tertiary/aromatic N) is 1. The molecule has 0 amide bonds. The van der Waals surface area contributed by atoms with E-state index in [1.165, 1.54) is 12.1 Å². The first kappa shape index (κ1) is 12.9. The molecule has 2 aliphatic rings. The smallest absolute Gasteiger partial charge is 0.126 e. The Morgan fingerprint density at radius 1 is 1.42 bits per heavy atom. The summed E-state index contributed by atoms with van der Waals surface area (Å²) in [7, 11) is 0. The molecule has 0 spiro atoms. The van der Waals surface area contributed by atoms with Crippen molar-refractivity contribution in [2.24, 2.45) is 0 Å². The van der Waals surface area contributed by atoms with Crippen LogP contribution in [0.5, 0.6) is 5.75 Å². The molecule has 1 aromatic carbocycles. The monoisotopic (exact) mass is 265 g/mol. The highest BCUT2D eigenvalue weighted by atomic mass is 19.1. The number of hydrogen-bond donors (Lipinski definition) is 0. The molecule has 0 unspecified atom stereocenters. The zero-order chi connectivity index (χ0) is 13.2. The number of aryl methyl sites for hydroxylation is 1. The molecule has 0 saturated carbocycles. The second-order valence-electron chi connectivity index (χ2n) is 5.32. The van der Waals surface area contributed by atoms with Crippen LogP contribution in [0.3, 0.4) is 0 Å². The third-order valence-corrected chi connectivity index (χ3v) is 4.02. The second-order valence-corrected chi connectivity index (χ2v) is 5.32. The van der Waals surface area contributed by atoms with Gasteiger partial charge in [-0.05, 0) is 24.5 Å². The van der Waals surface area contributed by atoms with Crippen molar-refractivity contribution in [1.82, 2.24) is 4.90 Å². The van der Waals surface area contributed by atoms with Crippen molar-refractivity contribution in [2.45, 2.75) is 31.9 Å². The minimum atomic E-state index is -0.227. The molecular weight excluding hydrogens is 245 g/mol. The quantitative estimate of drug-likeness (QED) is 0.833. The lowest BCUT2D eigenvalue weighted by Crippen LogP contribution is -2.48. The fourth-order valence-electron chi connectivity index (χ4n) is 2.73. The Balaban J connectivity index is 1.63. The summed E-state index contributed by atoms with van der Waals surface area (Å²) in [5, 5.41) is 0. The van der Waals surface area contributed by atoms with Crippen molar-refractivity contribution in [1.29, 1.82) is 0 Å². The molecule has 1 aromatic rings. The predicted molar refractivity (Wildman–Crippen MR) is 71.0 cm³/mol. The van der Waals surface area contributed by atoms with E-state index in [1.807, 2.05) is 6.07 Å². The highest BCUT2D eigenvalue weighted by Gasteiger charge is 2.33. The van der Waals surface area contributed by atoms with Crippen LogP contribution in [0, 0.1) is 5.82 Å². The van der Waals surface area contributed by atoms with Gasteiger partial charge in [0.2, 0.25) is 0 Å². The van der Waals surface area contributed by atoms with Gasteiger partial charge >= 0.3 is 0 Å². The Morgan fingerprint density at radius 2 is 2.26 bits per heavy atom. The molecule has 0 aliphatic carbocycles. The molecule has 0 N–H and O–H groups in total. The van der Waals surface area contributed by atoms with E-state index < -0.39 is 0 Å². The summed E-state index contributed by atoms with van der Waals surface area (Å²) in [5.74, 6) is 0.480. The van der Waals surface area contributed by atoms with Gasteiger partial charge in [0.25, 0.3) is 0 Å². The molecule has 104 valence electrons. The van der Waals surface area contributed by atoms with Crippen molar-refractivity contribution in [3.8, 4) is 5.75 Å². The van der Waals surface area contributed by atoms with Crippen molar-refractivity contribution >= 4 is 0 Å². The number of hydrogen-bond acceptors (Lipinski definition) is 3. The van der Waals surface area contributed by atoms with Gasteiger partial charge < -0.3 is 9.47 Å². The minimum Gasteiger partial charge on any atom is -0.489 e. The summed E-state index contributed by atoms with van der Waals surface area (Å²) in [6.07, 6.45) is 2.05. The minimum absolute atomic E-state index is 0.174. The van der Waals surface area contributed by atoms with Crippen molar-refractivity contribution in [2.75, 3.05) is 26.3 Å². The van der Waals surface area contributed by atoms with Crippen LogP contribution < -0.4 is 4.74 Å². The van der Waals surface area contributed by atoms with Gasteiger partial charge in [-0.25, -0.2) is 4.39 Å². The van der Waals surface area contributed by atoms with Gasteiger partial charge in [-0.15, -0.1) is 0 Å². The molecule has 2 fully saturated rings. The molecule has 4 heteroatoms. The van der Waals surface area contributed by atoms with Crippen LogP contribution in [0.15, 0.2) is 18.2 Å². The van der Waals surface area contributed by atoms with Crippen LogP contribution in [0.25, 0.3) is 0 Å². The highest BCUT2D eigenvalue weighted by Crippen LogP contribution is 2.26. The Bertz CT molecular complexity index is 448. The van der Waals surface area contributed by atoms with Crippen LogP contribution in [-0.2, 0) is 11.2 Å². The van der Waals surface area contributed by atoms with Gasteiger partial charge in [-0.1, -0.05) is 13.0 Å². The van der Waals surface area contributed by atoms with E-state index in [-0.39, 0.29) is 11.9 Å². The molecule has 3 nitrogen and oxygen atoms in total. The molecular formula is C15H20FNO2. The lowest BCUT2D eigenvalue weighted by Gasteiger charge is -2.34. The average Bonchev–Trinajstić information content (AvgIpc) is 2.75. The maximum Gasteiger partial charge on any atom is 0.126 e. The summed E-state index contributed by atoms with van der Waals surface area (Å²) in [6.45, 7) is 5.72. The fourth-order valence-corrected chi connectivity index (χ4v) is 2.73. The number of ether oxygens (including phenoxy) is 2. The Hall–Kier alpha value is -1.13. The summed E-state index contributed by atoms with van der Waals surface area (Å²) in [4.78, 5) is 2.42. The number of halogens is 1. The van der Waals surface area contributed by atoms with Crippen LogP contribution in [0.4, 0.5) is 4.39 Å². The lowest BCUT2D eigenvalue weighted by atomic mass is 10.1. The molecule has 2 saturated heterocycles. The van der Waals surface area contributed by atoms with E-state index >= 15 is 0 Å². The molecule has 0 aromatic heterocycles. The maximum absolute atomic E-state index is 13.3. The van der Waals surface area contributed by atoms with Gasteiger partial charge in [-0.3, -0.25) is 4.90 Å². The first-order valence-electron chi connectivity index (χ1n) is 7.03. The maximum atomic E-state index is 13.3. The van der Waals surface area contributed by atoms with Gasteiger partial charge in [0.15, 0.2) is 0 Å². The molecule has 2 heterocycles. The van der Waals surface area contributed by atoms with E-state index in [0.29, 0.717) is 11.8 Å². The Morgan fingerprint density at radius 3 is 2.95 bits per heavy atom. The summed E-state index contributed by atoms with van der Waals surface area (Å²) >= 11 is 0. The number of rotatable bonds is 4. The average molecular weight is 265 g/mol. The number of benzene rings is 1. The fraction of sp³-hybridized carbons (Fsp3) is 0.600. The van der Waals surface area contributed by atoms with Gasteiger partial charge in [0.05, 0.1) is 19.3 Å². The van der Waals surface area contributed by atoms with E-state index in [4.69, 9.17) is 9.47 Å². The number of likely N-dealkylation sites (tertiary alicyclic amines) is 1. The normalized spacial score (nSPS) is 24.4. The standard InChI is InChI=1S/C15H20FNO2/c1-2-11-3-4-12(16)7-15(11)19-14-5-6-17(8-14)13-9-18-10-13/h3-4,7,13-14H,2,5-6,8-10H2,1H3/t14-/m1/s1. The third-order valence-electron chi connectivity index (χ3n) is 4.02. The predicted octanol–water partition coefficient (Wildman–Crippen LogP) is 2.24. The third kappa shape index (κ3) is 2.74. The van der Waals surface area contributed by atoms with Crippen molar-refractivity contribution < 1.29 is 13.9 Å². The molecule has 2 aliphatic heterocycles. The Labute approximate surface area is 113 Å². The van der Waals surface area contributed by atoms with Crippen LogP contribution in [-0.4, -0.2) is 43.3 Å². The lowest BCUT2D eigenvalue weighted by molar-refractivity contribution is -0.0592. The van der Waals surface area contributed by atoms with Crippen LogP contribution >= 0.6 is 0 Å². The first-order chi connectivity index (χ1) is 9.26. The molecule has 0 bridgehead atoms. The van der Waals surface area contributed by atoms with E-state index in [9.17, 15) is 4.39 Å². The zero-order valence-electron chi connectivity index (χ0n) is 11.3. The van der Waals surface area contributed by atoms with Crippen molar-refractivity contribution in [3.63, 3.8) is 0 Å². The van der Waals surface area contributed by atoms with Gasteiger partial charge in [0, 0.05) is 19.2 Å². The molecule has 0 radical (unpaired) electrons. The summed E-state index contributed by atoms with van der Waals surface area (Å²) in [6, 6.07) is 5.38. The van der Waals surface area contributed by atoms with E-state index in [2.05, 4.69) is 11.8 Å². The first-order valence-corrected chi connectivity index (χ1v) is 7.03. The van der Waals surface area contributed by atoms with E-state index in [1.54, 1.807) is 0 Å². The van der Waals surface area contributed by atoms with Gasteiger partial charge in [-0.2, -0.15) is 0 Å². The zero-order valence-corrected chi connectivity index (χ0v) is 11.3. The van der Waals surface area contributed by atoms with Crippen molar-refractivity contribution in [3.05, 3.63) is 29.6 Å². The van der Waals surface area contributed by atoms with Gasteiger partial charge in [0.1, 0.15) is 17.7 Å². The highest BCUT2D eigenvalue weighted by molar-refractivity contribution is 5.34. The SMILES string of the molecule is CCc1ccc(F)cc1O[C@@H]1CCN(C2COC2)C1. The summed E-state index contributed by atoms with van der Waals surface area (Å²) < 4.78 is 24.5. The molecule has 3 rings (SSSR count). The molecule has 19 heavy (non-hydrogen) atoms. The van der Waals surface area contributed by atoms with Crippen LogP contribution in [0.1, 0.15) is 18.9 Å². The largest absolute Gasteiger partial charge is 0.489 e. The second kappa shape index (κ2) is 5.47. The van der Waals surface area contributed by atoms with E-state index in [0.717, 1.165) is 44.7 Å². The Kier molecular flexibility index (Phi) is 3.71. The molecule has 1 atom stereocenters. The van der Waals surface area contributed by atoms with Crippen LogP contribution in [0.2, 0.25) is 0 Å². The summed E-state index contributed by atoms with van der Waals surface area (Å²) in [5.41, 5.74) is 1.08. The topological polar surface area (TPSA) is 21.7 Å².